The second-order valence-corrected chi connectivity index (χ2v) is 3.63. The number of aliphatic hydroxyl groups is 1. The van der Waals surface area contributed by atoms with Gasteiger partial charge in [0, 0.05) is 18.7 Å². The van der Waals surface area contributed by atoms with E-state index in [1.165, 1.54) is 24.7 Å². The van der Waals surface area contributed by atoms with E-state index in [2.05, 4.69) is 9.97 Å². The third kappa shape index (κ3) is 3.04. The van der Waals surface area contributed by atoms with Crippen LogP contribution in [0.1, 0.15) is 17.4 Å². The van der Waals surface area contributed by atoms with E-state index in [4.69, 9.17) is 0 Å². The molecule has 1 N–H and O–H groups in total. The molecule has 2 rings (SSSR count). The first-order valence-corrected chi connectivity index (χ1v) is 5.04. The van der Waals surface area contributed by atoms with E-state index in [0.717, 1.165) is 6.07 Å². The Bertz CT molecular complexity index is 485. The van der Waals surface area contributed by atoms with Gasteiger partial charge in [-0.2, -0.15) is 0 Å². The van der Waals surface area contributed by atoms with Crippen LogP contribution >= 0.6 is 0 Å². The third-order valence-electron chi connectivity index (χ3n) is 2.30. The molecule has 0 spiro atoms. The molecule has 1 atom stereocenters. The zero-order valence-electron chi connectivity index (χ0n) is 8.85. The zero-order valence-corrected chi connectivity index (χ0v) is 8.85. The van der Waals surface area contributed by atoms with E-state index in [-0.39, 0.29) is 6.42 Å². The fourth-order valence-corrected chi connectivity index (χ4v) is 1.55. The molecule has 1 aromatic carbocycles. The fraction of sp³-hybridized carbons (Fsp3) is 0.167. The minimum Gasteiger partial charge on any atom is -0.386 e. The lowest BCUT2D eigenvalue weighted by molar-refractivity contribution is 0.173. The molecule has 0 radical (unpaired) electrons. The van der Waals surface area contributed by atoms with E-state index in [9.17, 15) is 13.9 Å². The highest BCUT2D eigenvalue weighted by atomic mass is 19.1. The van der Waals surface area contributed by atoms with E-state index < -0.39 is 17.7 Å². The summed E-state index contributed by atoms with van der Waals surface area (Å²) >= 11 is 0. The summed E-state index contributed by atoms with van der Waals surface area (Å²) < 4.78 is 25.9. The van der Waals surface area contributed by atoms with Crippen molar-refractivity contribution >= 4 is 0 Å². The second-order valence-electron chi connectivity index (χ2n) is 3.63. The van der Waals surface area contributed by atoms with Crippen molar-refractivity contribution in [3.63, 3.8) is 0 Å². The van der Waals surface area contributed by atoms with Gasteiger partial charge in [-0.25, -0.2) is 18.7 Å². The van der Waals surface area contributed by atoms with Crippen LogP contribution in [0.3, 0.4) is 0 Å². The molecule has 3 nitrogen and oxygen atoms in total. The fourth-order valence-electron chi connectivity index (χ4n) is 1.55. The topological polar surface area (TPSA) is 46.0 Å². The molecule has 0 aliphatic heterocycles. The Morgan fingerprint density at radius 1 is 1.18 bits per heavy atom. The average Bonchev–Trinajstić information content (AvgIpc) is 2.28. The molecule has 17 heavy (non-hydrogen) atoms. The average molecular weight is 236 g/mol. The molecule has 0 bridgehead atoms. The van der Waals surface area contributed by atoms with Crippen molar-refractivity contribution < 1.29 is 13.9 Å². The Morgan fingerprint density at radius 2 is 1.88 bits per heavy atom. The minimum absolute atomic E-state index is 0.103. The minimum atomic E-state index is -0.904. The number of nitrogens with zero attached hydrogens (tertiary/aromatic N) is 2. The van der Waals surface area contributed by atoms with Crippen molar-refractivity contribution in [2.24, 2.45) is 0 Å². The number of halogens is 2. The van der Waals surface area contributed by atoms with Crippen molar-refractivity contribution in [2.75, 3.05) is 0 Å². The Labute approximate surface area is 96.8 Å². The second kappa shape index (κ2) is 4.97. The number of aromatic nitrogens is 2. The highest BCUT2D eigenvalue weighted by molar-refractivity contribution is 5.20. The van der Waals surface area contributed by atoms with Crippen LogP contribution < -0.4 is 0 Å². The van der Waals surface area contributed by atoms with Crippen molar-refractivity contribution in [3.05, 3.63) is 59.7 Å². The van der Waals surface area contributed by atoms with Gasteiger partial charge in [0.25, 0.3) is 0 Å². The Balaban J connectivity index is 2.16. The van der Waals surface area contributed by atoms with Crippen LogP contribution in [0.25, 0.3) is 0 Å². The summed E-state index contributed by atoms with van der Waals surface area (Å²) in [7, 11) is 0. The highest BCUT2D eigenvalue weighted by Gasteiger charge is 2.11. The monoisotopic (exact) mass is 236 g/mol. The molecule has 1 unspecified atom stereocenters. The molecule has 1 aromatic heterocycles. The summed E-state index contributed by atoms with van der Waals surface area (Å²) in [6.07, 6.45) is 2.01. The lowest BCUT2D eigenvalue weighted by atomic mass is 10.1. The number of hydrogen-bond acceptors (Lipinski definition) is 3. The standard InChI is InChI=1S/C12H10F2N2O/c13-9-3-8(4-10(14)6-9)5-12(17)11-1-2-15-7-16-11/h1-4,6-7,12,17H,5H2. The predicted molar refractivity (Wildman–Crippen MR) is 57.1 cm³/mol. The van der Waals surface area contributed by atoms with Gasteiger partial charge in [-0.1, -0.05) is 0 Å². The Kier molecular flexibility index (Phi) is 3.39. The lowest BCUT2D eigenvalue weighted by Crippen LogP contribution is -2.04. The van der Waals surface area contributed by atoms with Gasteiger partial charge in [0.2, 0.25) is 0 Å². The van der Waals surface area contributed by atoms with Crippen LogP contribution in [0.5, 0.6) is 0 Å². The quantitative estimate of drug-likeness (QED) is 0.886. The number of benzene rings is 1. The highest BCUT2D eigenvalue weighted by Crippen LogP contribution is 2.17. The molecular weight excluding hydrogens is 226 g/mol. The lowest BCUT2D eigenvalue weighted by Gasteiger charge is -2.09. The van der Waals surface area contributed by atoms with Crippen molar-refractivity contribution in [1.29, 1.82) is 0 Å². The van der Waals surface area contributed by atoms with Crippen LogP contribution in [-0.4, -0.2) is 15.1 Å². The molecule has 0 aliphatic rings. The molecule has 0 saturated carbocycles. The molecule has 88 valence electrons. The van der Waals surface area contributed by atoms with Crippen molar-refractivity contribution in [2.45, 2.75) is 12.5 Å². The number of rotatable bonds is 3. The summed E-state index contributed by atoms with van der Waals surface area (Å²) in [5.41, 5.74) is 0.804. The van der Waals surface area contributed by atoms with E-state index in [1.54, 1.807) is 6.07 Å². The summed E-state index contributed by atoms with van der Waals surface area (Å²) in [5.74, 6) is -1.32. The molecule has 1 heterocycles. The molecule has 0 amide bonds. The van der Waals surface area contributed by atoms with Crippen molar-refractivity contribution in [1.82, 2.24) is 9.97 Å². The maximum Gasteiger partial charge on any atom is 0.126 e. The summed E-state index contributed by atoms with van der Waals surface area (Å²) in [4.78, 5) is 7.59. The van der Waals surface area contributed by atoms with Gasteiger partial charge in [-0.15, -0.1) is 0 Å². The van der Waals surface area contributed by atoms with Crippen LogP contribution in [0.2, 0.25) is 0 Å². The third-order valence-corrected chi connectivity index (χ3v) is 2.30. The maximum atomic E-state index is 12.9. The van der Waals surface area contributed by atoms with Gasteiger partial charge in [0.15, 0.2) is 0 Å². The van der Waals surface area contributed by atoms with Crippen molar-refractivity contribution in [3.8, 4) is 0 Å². The molecule has 0 aliphatic carbocycles. The zero-order chi connectivity index (χ0) is 12.3. The van der Waals surface area contributed by atoms with Gasteiger partial charge >= 0.3 is 0 Å². The first kappa shape index (κ1) is 11.6. The van der Waals surface area contributed by atoms with E-state index in [1.807, 2.05) is 0 Å². The van der Waals surface area contributed by atoms with E-state index in [0.29, 0.717) is 11.3 Å². The van der Waals surface area contributed by atoms with Gasteiger partial charge in [0.1, 0.15) is 24.1 Å². The summed E-state index contributed by atoms with van der Waals surface area (Å²) in [5, 5.41) is 9.82. The van der Waals surface area contributed by atoms with Crippen LogP contribution in [-0.2, 0) is 6.42 Å². The molecule has 5 heteroatoms. The maximum absolute atomic E-state index is 12.9. The van der Waals surface area contributed by atoms with E-state index >= 15 is 0 Å². The Hall–Kier alpha value is -1.88. The van der Waals surface area contributed by atoms with Crippen LogP contribution in [0.15, 0.2) is 36.8 Å². The van der Waals surface area contributed by atoms with Gasteiger partial charge in [-0.05, 0) is 23.8 Å². The largest absolute Gasteiger partial charge is 0.386 e. The smallest absolute Gasteiger partial charge is 0.126 e. The van der Waals surface area contributed by atoms with Gasteiger partial charge < -0.3 is 5.11 Å². The van der Waals surface area contributed by atoms with Crippen LogP contribution in [0, 0.1) is 11.6 Å². The SMILES string of the molecule is OC(Cc1cc(F)cc(F)c1)c1ccncn1. The first-order chi connectivity index (χ1) is 8.15. The van der Waals surface area contributed by atoms with Crippen LogP contribution in [0.4, 0.5) is 8.78 Å². The summed E-state index contributed by atoms with van der Waals surface area (Å²) in [6.45, 7) is 0. The molecule has 2 aromatic rings. The predicted octanol–water partition coefficient (Wildman–Crippen LogP) is 2.03. The number of aliphatic hydroxyl groups excluding tert-OH is 1. The first-order valence-electron chi connectivity index (χ1n) is 5.04. The summed E-state index contributed by atoms with van der Waals surface area (Å²) in [6, 6.07) is 4.72. The molecule has 0 fully saturated rings. The van der Waals surface area contributed by atoms with Gasteiger partial charge in [-0.3, -0.25) is 0 Å². The van der Waals surface area contributed by atoms with Gasteiger partial charge in [0.05, 0.1) is 5.69 Å². The number of hydrogen-bond donors (Lipinski definition) is 1. The normalized spacial score (nSPS) is 12.4. The Morgan fingerprint density at radius 3 is 2.47 bits per heavy atom. The molecule has 0 saturated heterocycles. The molecular formula is C12H10F2N2O.